The molecule has 3 aromatic rings. The minimum Gasteiger partial charge on any atom is -0.313 e. The van der Waals surface area contributed by atoms with Gasteiger partial charge in [-0.3, -0.25) is 4.79 Å². The third-order valence-electron chi connectivity index (χ3n) is 4.11. The zero-order chi connectivity index (χ0) is 17.1. The first-order valence-corrected chi connectivity index (χ1v) is 7.83. The van der Waals surface area contributed by atoms with E-state index in [0.29, 0.717) is 12.1 Å². The molecule has 1 heterocycles. The highest BCUT2D eigenvalue weighted by Gasteiger charge is 2.14. The lowest BCUT2D eigenvalue weighted by Gasteiger charge is -2.15. The Morgan fingerprint density at radius 2 is 1.67 bits per heavy atom. The van der Waals surface area contributed by atoms with Gasteiger partial charge < -0.3 is 4.57 Å². The summed E-state index contributed by atoms with van der Waals surface area (Å²) in [6.45, 7) is 11.6. The quantitative estimate of drug-likeness (QED) is 0.642. The fourth-order valence-electron chi connectivity index (χ4n) is 2.77. The van der Waals surface area contributed by atoms with Gasteiger partial charge in [-0.05, 0) is 36.6 Å². The summed E-state index contributed by atoms with van der Waals surface area (Å²) in [4.78, 5) is 16.3. The van der Waals surface area contributed by atoms with Gasteiger partial charge in [0.2, 0.25) is 0 Å². The zero-order valence-corrected chi connectivity index (χ0v) is 13.8. The van der Waals surface area contributed by atoms with E-state index in [0.717, 1.165) is 16.8 Å². The van der Waals surface area contributed by atoms with Gasteiger partial charge in [0, 0.05) is 12.2 Å². The fraction of sp³-hybridized carbons (Fsp3) is 0.143. The van der Waals surface area contributed by atoms with Gasteiger partial charge in [-0.1, -0.05) is 60.2 Å². The van der Waals surface area contributed by atoms with Gasteiger partial charge in [0.05, 0.1) is 6.57 Å². The topological polar surface area (TPSA) is 26.4 Å². The molecule has 0 bridgehead atoms. The molecule has 0 atom stereocenters. The summed E-state index contributed by atoms with van der Waals surface area (Å²) in [5, 5.41) is 0. The molecule has 0 saturated heterocycles. The maximum absolute atomic E-state index is 12.8. The Bertz CT molecular complexity index is 962. The van der Waals surface area contributed by atoms with Crippen molar-refractivity contribution in [3.05, 3.63) is 99.1 Å². The molecule has 3 nitrogen and oxygen atoms in total. The molecule has 3 heteroatoms. The molecule has 0 amide bonds. The molecule has 0 saturated carbocycles. The van der Waals surface area contributed by atoms with Crippen molar-refractivity contribution < 1.29 is 0 Å². The van der Waals surface area contributed by atoms with Crippen LogP contribution in [0.15, 0.2) is 65.5 Å². The van der Waals surface area contributed by atoms with Crippen molar-refractivity contribution in [1.82, 2.24) is 4.57 Å². The second-order valence-corrected chi connectivity index (χ2v) is 5.92. The van der Waals surface area contributed by atoms with E-state index in [1.807, 2.05) is 74.5 Å². The van der Waals surface area contributed by atoms with Gasteiger partial charge in [-0.2, -0.15) is 0 Å². The first-order valence-electron chi connectivity index (χ1n) is 7.83. The van der Waals surface area contributed by atoms with Crippen LogP contribution in [0.4, 0.5) is 5.69 Å². The van der Waals surface area contributed by atoms with Crippen LogP contribution in [0.3, 0.4) is 0 Å². The van der Waals surface area contributed by atoms with E-state index >= 15 is 0 Å². The molecule has 0 radical (unpaired) electrons. The number of pyridine rings is 1. The maximum atomic E-state index is 12.8. The van der Waals surface area contributed by atoms with Gasteiger partial charge >= 0.3 is 0 Å². The first-order chi connectivity index (χ1) is 11.6. The molecular weight excluding hydrogens is 296 g/mol. The van der Waals surface area contributed by atoms with E-state index in [2.05, 4.69) is 4.85 Å². The lowest BCUT2D eigenvalue weighted by Crippen LogP contribution is -2.22. The number of rotatable bonds is 3. The Morgan fingerprint density at radius 3 is 2.29 bits per heavy atom. The molecule has 0 aliphatic heterocycles. The van der Waals surface area contributed by atoms with Crippen LogP contribution < -0.4 is 5.56 Å². The molecule has 2 aromatic carbocycles. The number of aryl methyl sites for hydroxylation is 2. The molecule has 1 aromatic heterocycles. The Morgan fingerprint density at radius 1 is 1.00 bits per heavy atom. The van der Waals surface area contributed by atoms with Crippen LogP contribution in [-0.2, 0) is 6.54 Å². The van der Waals surface area contributed by atoms with Crippen molar-refractivity contribution in [2.45, 2.75) is 20.4 Å². The number of benzene rings is 2. The lowest BCUT2D eigenvalue weighted by molar-refractivity contribution is 0.770. The Labute approximate surface area is 141 Å². The summed E-state index contributed by atoms with van der Waals surface area (Å²) in [5.41, 5.74) is 4.72. The minimum atomic E-state index is -0.232. The molecular formula is C21H18N2O. The largest absolute Gasteiger partial charge is 0.313 e. The van der Waals surface area contributed by atoms with Crippen LogP contribution in [0.25, 0.3) is 16.1 Å². The van der Waals surface area contributed by atoms with Crippen molar-refractivity contribution in [1.29, 1.82) is 0 Å². The monoisotopic (exact) mass is 314 g/mol. The average molecular weight is 314 g/mol. The van der Waals surface area contributed by atoms with Gasteiger partial charge in [0.25, 0.3) is 11.2 Å². The number of aromatic nitrogens is 1. The van der Waals surface area contributed by atoms with Gasteiger partial charge in [-0.15, -0.1) is 0 Å². The van der Waals surface area contributed by atoms with E-state index in [-0.39, 0.29) is 11.2 Å². The van der Waals surface area contributed by atoms with Crippen molar-refractivity contribution in [2.75, 3.05) is 0 Å². The van der Waals surface area contributed by atoms with Crippen molar-refractivity contribution in [3.63, 3.8) is 0 Å². The van der Waals surface area contributed by atoms with Gasteiger partial charge in [0.15, 0.2) is 0 Å². The minimum absolute atomic E-state index is 0.196. The fourth-order valence-corrected chi connectivity index (χ4v) is 2.77. The predicted molar refractivity (Wildman–Crippen MR) is 97.4 cm³/mol. The molecule has 0 aliphatic carbocycles. The zero-order valence-electron chi connectivity index (χ0n) is 13.8. The van der Waals surface area contributed by atoms with Crippen LogP contribution in [0.5, 0.6) is 0 Å². The molecule has 0 unspecified atom stereocenters. The van der Waals surface area contributed by atoms with Crippen LogP contribution in [0.1, 0.15) is 16.7 Å². The molecule has 0 aliphatic rings. The van der Waals surface area contributed by atoms with Gasteiger partial charge in [0.1, 0.15) is 0 Å². The summed E-state index contributed by atoms with van der Waals surface area (Å²) >= 11 is 0. The summed E-state index contributed by atoms with van der Waals surface area (Å²) in [5.74, 6) is 0. The second-order valence-electron chi connectivity index (χ2n) is 5.92. The second kappa shape index (κ2) is 6.55. The van der Waals surface area contributed by atoms with Crippen molar-refractivity contribution in [2.24, 2.45) is 0 Å². The Kier molecular flexibility index (Phi) is 4.31. The highest BCUT2D eigenvalue weighted by Crippen LogP contribution is 2.24. The van der Waals surface area contributed by atoms with E-state index in [9.17, 15) is 4.79 Å². The summed E-state index contributed by atoms with van der Waals surface area (Å²) in [6.07, 6.45) is 0. The number of hydrogen-bond acceptors (Lipinski definition) is 1. The van der Waals surface area contributed by atoms with E-state index in [4.69, 9.17) is 6.57 Å². The molecule has 0 spiro atoms. The molecule has 24 heavy (non-hydrogen) atoms. The van der Waals surface area contributed by atoms with Crippen molar-refractivity contribution in [3.8, 4) is 11.3 Å². The standard InChI is InChI=1S/C21H18N2O/c1-15-9-11-17(12-10-15)14-23-19(18-7-5-4-6-8-18)13-16(2)20(22-3)21(23)24/h4-13H,14H2,1-2H3. The smallest absolute Gasteiger partial charge is 0.257 e. The predicted octanol–water partition coefficient (Wildman–Crippen LogP) is 4.73. The van der Waals surface area contributed by atoms with Crippen LogP contribution >= 0.6 is 0 Å². The number of nitrogens with zero attached hydrogens (tertiary/aromatic N) is 2. The first kappa shape index (κ1) is 15.8. The average Bonchev–Trinajstić information content (AvgIpc) is 2.60. The molecule has 118 valence electrons. The molecule has 0 N–H and O–H groups in total. The van der Waals surface area contributed by atoms with Crippen LogP contribution in [0, 0.1) is 20.4 Å². The van der Waals surface area contributed by atoms with E-state index < -0.39 is 0 Å². The molecule has 3 rings (SSSR count). The SMILES string of the molecule is [C-]#[N+]c1c(C)cc(-c2ccccc2)n(Cc2ccc(C)cc2)c1=O. The summed E-state index contributed by atoms with van der Waals surface area (Å²) in [6, 6.07) is 19.9. The number of hydrogen-bond donors (Lipinski definition) is 0. The highest BCUT2D eigenvalue weighted by molar-refractivity contribution is 5.65. The summed E-state index contributed by atoms with van der Waals surface area (Å²) < 4.78 is 1.69. The maximum Gasteiger partial charge on any atom is 0.257 e. The van der Waals surface area contributed by atoms with Gasteiger partial charge in [-0.25, -0.2) is 4.85 Å². The van der Waals surface area contributed by atoms with Crippen LogP contribution in [-0.4, -0.2) is 4.57 Å². The normalized spacial score (nSPS) is 10.4. The van der Waals surface area contributed by atoms with Crippen molar-refractivity contribution >= 4 is 5.69 Å². The Hall–Kier alpha value is -3.12. The third kappa shape index (κ3) is 3.00. The van der Waals surface area contributed by atoms with E-state index in [1.54, 1.807) is 4.57 Å². The lowest BCUT2D eigenvalue weighted by atomic mass is 10.1. The van der Waals surface area contributed by atoms with Crippen LogP contribution in [0.2, 0.25) is 0 Å². The third-order valence-corrected chi connectivity index (χ3v) is 4.11. The Balaban J connectivity index is 2.20. The summed E-state index contributed by atoms with van der Waals surface area (Å²) in [7, 11) is 0. The molecule has 0 fully saturated rings. The highest BCUT2D eigenvalue weighted by atomic mass is 16.1. The van der Waals surface area contributed by atoms with E-state index in [1.165, 1.54) is 5.56 Å².